The van der Waals surface area contributed by atoms with Crippen LogP contribution >= 0.6 is 0 Å². The molecule has 1 amide bonds. The number of aryl methyl sites for hydroxylation is 1. The first-order valence-electron chi connectivity index (χ1n) is 7.30. The van der Waals surface area contributed by atoms with Crippen molar-refractivity contribution in [3.8, 4) is 0 Å². The third-order valence-electron chi connectivity index (χ3n) is 3.22. The van der Waals surface area contributed by atoms with Crippen molar-refractivity contribution in [2.24, 2.45) is 0 Å². The smallest absolute Gasteiger partial charge is 0.412 e. The summed E-state index contributed by atoms with van der Waals surface area (Å²) in [6.07, 6.45) is -0.494. The van der Waals surface area contributed by atoms with E-state index in [9.17, 15) is 9.90 Å². The predicted octanol–water partition coefficient (Wildman–Crippen LogP) is 3.25. The molecular weight excluding hydrogens is 282 g/mol. The molecule has 120 valence electrons. The molecule has 0 aliphatic carbocycles. The molecule has 0 saturated carbocycles. The van der Waals surface area contributed by atoms with E-state index in [1.165, 1.54) is 0 Å². The van der Waals surface area contributed by atoms with Gasteiger partial charge in [-0.05, 0) is 52.8 Å². The summed E-state index contributed by atoms with van der Waals surface area (Å²) >= 11 is 0. The van der Waals surface area contributed by atoms with Crippen molar-refractivity contribution in [3.05, 3.63) is 24.0 Å². The molecule has 1 heterocycles. The average molecular weight is 305 g/mol. The molecule has 2 aromatic rings. The van der Waals surface area contributed by atoms with E-state index >= 15 is 0 Å². The second-order valence-corrected chi connectivity index (χ2v) is 6.39. The number of aliphatic hydroxyl groups excluding tert-OH is 1. The Morgan fingerprint density at radius 1 is 1.45 bits per heavy atom. The van der Waals surface area contributed by atoms with Gasteiger partial charge in [-0.3, -0.25) is 5.32 Å². The van der Waals surface area contributed by atoms with Crippen LogP contribution in [0.4, 0.5) is 10.5 Å². The maximum Gasteiger partial charge on any atom is 0.412 e. The molecule has 2 rings (SSSR count). The number of amides is 1. The normalized spacial score (nSPS) is 13.2. The van der Waals surface area contributed by atoms with Crippen LogP contribution in [0.1, 0.15) is 39.6 Å². The van der Waals surface area contributed by atoms with Crippen LogP contribution in [-0.4, -0.2) is 33.0 Å². The fourth-order valence-electron chi connectivity index (χ4n) is 2.36. The lowest BCUT2D eigenvalue weighted by Crippen LogP contribution is -2.27. The van der Waals surface area contributed by atoms with Crippen molar-refractivity contribution < 1.29 is 14.6 Å². The summed E-state index contributed by atoms with van der Waals surface area (Å²) < 4.78 is 7.21. The van der Waals surface area contributed by atoms with Crippen LogP contribution in [-0.2, 0) is 4.74 Å². The zero-order valence-corrected chi connectivity index (χ0v) is 13.7. The van der Waals surface area contributed by atoms with Gasteiger partial charge in [0.15, 0.2) is 0 Å². The molecule has 0 saturated heterocycles. The SMILES string of the molecule is Cc1nc2cc(NC(=O)OC(C)(C)C)ccc2n1C(C)CO. The number of rotatable bonds is 3. The Balaban J connectivity index is 2.27. The first-order chi connectivity index (χ1) is 10.2. The summed E-state index contributed by atoms with van der Waals surface area (Å²) in [5.41, 5.74) is 1.78. The fraction of sp³-hybridized carbons (Fsp3) is 0.500. The lowest BCUT2D eigenvalue weighted by atomic mass is 10.2. The minimum Gasteiger partial charge on any atom is -0.444 e. The highest BCUT2D eigenvalue weighted by Gasteiger charge is 2.17. The molecule has 1 atom stereocenters. The average Bonchev–Trinajstić information content (AvgIpc) is 2.70. The summed E-state index contributed by atoms with van der Waals surface area (Å²) in [4.78, 5) is 16.3. The summed E-state index contributed by atoms with van der Waals surface area (Å²) in [7, 11) is 0. The molecule has 1 aromatic carbocycles. The number of nitrogens with one attached hydrogen (secondary N) is 1. The molecule has 6 heteroatoms. The Morgan fingerprint density at radius 2 is 2.14 bits per heavy atom. The van der Waals surface area contributed by atoms with E-state index < -0.39 is 11.7 Å². The molecule has 0 spiro atoms. The van der Waals surface area contributed by atoms with Gasteiger partial charge >= 0.3 is 6.09 Å². The molecule has 1 unspecified atom stereocenters. The molecule has 0 bridgehead atoms. The van der Waals surface area contributed by atoms with E-state index in [0.717, 1.165) is 16.9 Å². The highest BCUT2D eigenvalue weighted by molar-refractivity contribution is 5.89. The number of ether oxygens (including phenoxy) is 1. The number of benzene rings is 1. The van der Waals surface area contributed by atoms with Crippen molar-refractivity contribution >= 4 is 22.8 Å². The molecule has 0 aliphatic rings. The Labute approximate surface area is 130 Å². The van der Waals surface area contributed by atoms with E-state index in [4.69, 9.17) is 4.74 Å². The monoisotopic (exact) mass is 305 g/mol. The first kappa shape index (κ1) is 16.3. The van der Waals surface area contributed by atoms with Crippen molar-refractivity contribution in [1.82, 2.24) is 9.55 Å². The second kappa shape index (κ2) is 5.96. The standard InChI is InChI=1S/C16H23N3O3/c1-10(9-20)19-11(2)17-13-8-12(6-7-14(13)19)18-15(21)22-16(3,4)5/h6-8,10,20H,9H2,1-5H3,(H,18,21). The van der Waals surface area contributed by atoms with Gasteiger partial charge in [0, 0.05) is 5.69 Å². The van der Waals surface area contributed by atoms with Gasteiger partial charge in [-0.2, -0.15) is 0 Å². The van der Waals surface area contributed by atoms with Crippen molar-refractivity contribution in [3.63, 3.8) is 0 Å². The van der Waals surface area contributed by atoms with Crippen LogP contribution in [0.25, 0.3) is 11.0 Å². The van der Waals surface area contributed by atoms with E-state index in [2.05, 4.69) is 10.3 Å². The van der Waals surface area contributed by atoms with Gasteiger partial charge in [0.1, 0.15) is 11.4 Å². The van der Waals surface area contributed by atoms with Gasteiger partial charge in [-0.15, -0.1) is 0 Å². The van der Waals surface area contributed by atoms with Crippen LogP contribution in [0.5, 0.6) is 0 Å². The lowest BCUT2D eigenvalue weighted by Gasteiger charge is -2.19. The number of anilines is 1. The van der Waals surface area contributed by atoms with Crippen LogP contribution in [0.15, 0.2) is 18.2 Å². The Bertz CT molecular complexity index is 686. The number of hydrogen-bond donors (Lipinski definition) is 2. The molecule has 0 radical (unpaired) electrons. The Morgan fingerprint density at radius 3 is 2.73 bits per heavy atom. The van der Waals surface area contributed by atoms with Crippen LogP contribution in [0, 0.1) is 6.92 Å². The Kier molecular flexibility index (Phi) is 4.42. The zero-order chi connectivity index (χ0) is 16.5. The number of imidazole rings is 1. The van der Waals surface area contributed by atoms with E-state index in [1.807, 2.05) is 45.3 Å². The third-order valence-corrected chi connectivity index (χ3v) is 3.22. The first-order valence-corrected chi connectivity index (χ1v) is 7.30. The maximum atomic E-state index is 11.8. The molecule has 0 fully saturated rings. The number of nitrogens with zero attached hydrogens (tertiary/aromatic N) is 2. The number of hydrogen-bond acceptors (Lipinski definition) is 4. The second-order valence-electron chi connectivity index (χ2n) is 6.39. The molecular formula is C16H23N3O3. The van der Waals surface area contributed by atoms with Gasteiger partial charge in [0.2, 0.25) is 0 Å². The number of carbonyl (C=O) groups excluding carboxylic acids is 1. The quantitative estimate of drug-likeness (QED) is 0.912. The van der Waals surface area contributed by atoms with E-state index in [-0.39, 0.29) is 12.6 Å². The van der Waals surface area contributed by atoms with Gasteiger partial charge in [-0.1, -0.05) is 0 Å². The molecule has 2 N–H and O–H groups in total. The number of carbonyl (C=O) groups is 1. The summed E-state index contributed by atoms with van der Waals surface area (Å²) in [6.45, 7) is 9.32. The van der Waals surface area contributed by atoms with Crippen molar-refractivity contribution in [1.29, 1.82) is 0 Å². The number of aromatic nitrogens is 2. The number of fused-ring (bicyclic) bond motifs is 1. The Hall–Kier alpha value is -2.08. The van der Waals surface area contributed by atoms with Gasteiger partial charge in [-0.25, -0.2) is 9.78 Å². The number of aliphatic hydroxyl groups is 1. The summed E-state index contributed by atoms with van der Waals surface area (Å²) in [5, 5.41) is 12.1. The highest BCUT2D eigenvalue weighted by atomic mass is 16.6. The third kappa shape index (κ3) is 3.57. The molecule has 1 aromatic heterocycles. The fourth-order valence-corrected chi connectivity index (χ4v) is 2.36. The van der Waals surface area contributed by atoms with Gasteiger partial charge < -0.3 is 14.4 Å². The largest absolute Gasteiger partial charge is 0.444 e. The molecule has 22 heavy (non-hydrogen) atoms. The highest BCUT2D eigenvalue weighted by Crippen LogP contribution is 2.24. The lowest BCUT2D eigenvalue weighted by molar-refractivity contribution is 0.0636. The van der Waals surface area contributed by atoms with Crippen LogP contribution < -0.4 is 5.32 Å². The summed E-state index contributed by atoms with van der Waals surface area (Å²) in [5.74, 6) is 0.825. The van der Waals surface area contributed by atoms with Crippen LogP contribution in [0.3, 0.4) is 0 Å². The van der Waals surface area contributed by atoms with Gasteiger partial charge in [0.05, 0.1) is 23.7 Å². The van der Waals surface area contributed by atoms with Gasteiger partial charge in [0.25, 0.3) is 0 Å². The molecule has 6 nitrogen and oxygen atoms in total. The predicted molar refractivity (Wildman–Crippen MR) is 86.1 cm³/mol. The summed E-state index contributed by atoms with van der Waals surface area (Å²) in [6, 6.07) is 5.43. The van der Waals surface area contributed by atoms with E-state index in [0.29, 0.717) is 5.69 Å². The minimum absolute atomic E-state index is 0.0458. The minimum atomic E-state index is -0.539. The maximum absolute atomic E-state index is 11.8. The topological polar surface area (TPSA) is 76.4 Å². The van der Waals surface area contributed by atoms with Crippen molar-refractivity contribution in [2.45, 2.75) is 46.3 Å². The zero-order valence-electron chi connectivity index (χ0n) is 13.7. The van der Waals surface area contributed by atoms with E-state index in [1.54, 1.807) is 12.1 Å². The molecule has 0 aliphatic heterocycles. The van der Waals surface area contributed by atoms with Crippen LogP contribution in [0.2, 0.25) is 0 Å². The van der Waals surface area contributed by atoms with Crippen molar-refractivity contribution in [2.75, 3.05) is 11.9 Å².